The number of sulfonamides is 1. The van der Waals surface area contributed by atoms with E-state index in [0.717, 1.165) is 19.2 Å². The van der Waals surface area contributed by atoms with E-state index in [-0.39, 0.29) is 11.4 Å². The SMILES string of the molecule is CN(CCC(F)(F)F)S(=O)(=O)c1cc(F)ccc1CCl. The molecule has 0 spiro atoms. The summed E-state index contributed by atoms with van der Waals surface area (Å²) in [5.41, 5.74) is 0.131. The molecule has 0 N–H and O–H groups in total. The van der Waals surface area contributed by atoms with E-state index in [1.807, 2.05) is 0 Å². The molecule has 0 heterocycles. The van der Waals surface area contributed by atoms with Gasteiger partial charge in [-0.2, -0.15) is 13.2 Å². The smallest absolute Gasteiger partial charge is 0.207 e. The first-order valence-electron chi connectivity index (χ1n) is 5.45. The van der Waals surface area contributed by atoms with E-state index >= 15 is 0 Å². The molecule has 0 saturated heterocycles. The van der Waals surface area contributed by atoms with Crippen LogP contribution in [-0.2, 0) is 15.9 Å². The van der Waals surface area contributed by atoms with E-state index in [0.29, 0.717) is 4.31 Å². The molecular formula is C11H12ClF4NO2S. The van der Waals surface area contributed by atoms with Crippen molar-refractivity contribution >= 4 is 21.6 Å². The maximum Gasteiger partial charge on any atom is 0.390 e. The highest BCUT2D eigenvalue weighted by Crippen LogP contribution is 2.25. The van der Waals surface area contributed by atoms with Crippen molar-refractivity contribution < 1.29 is 26.0 Å². The summed E-state index contributed by atoms with van der Waals surface area (Å²) < 4.78 is 74.2. The Morgan fingerprint density at radius 1 is 1.30 bits per heavy atom. The Bertz CT molecular complexity index is 574. The van der Waals surface area contributed by atoms with Crippen molar-refractivity contribution in [2.75, 3.05) is 13.6 Å². The normalized spacial score (nSPS) is 12.9. The van der Waals surface area contributed by atoms with Gasteiger partial charge in [-0.15, -0.1) is 11.6 Å². The summed E-state index contributed by atoms with van der Waals surface area (Å²) in [5.74, 6) is -0.997. The summed E-state index contributed by atoms with van der Waals surface area (Å²) in [6, 6.07) is 2.97. The van der Waals surface area contributed by atoms with Crippen molar-refractivity contribution in [2.45, 2.75) is 23.4 Å². The highest BCUT2D eigenvalue weighted by atomic mass is 35.5. The van der Waals surface area contributed by atoms with Crippen LogP contribution in [0.5, 0.6) is 0 Å². The monoisotopic (exact) mass is 333 g/mol. The molecule has 20 heavy (non-hydrogen) atoms. The fraction of sp³-hybridized carbons (Fsp3) is 0.455. The van der Waals surface area contributed by atoms with Gasteiger partial charge >= 0.3 is 6.18 Å². The minimum absolute atomic E-state index is 0.131. The summed E-state index contributed by atoms with van der Waals surface area (Å²) in [4.78, 5) is -0.419. The third-order valence-electron chi connectivity index (χ3n) is 2.57. The van der Waals surface area contributed by atoms with Crippen LogP contribution in [0.1, 0.15) is 12.0 Å². The van der Waals surface area contributed by atoms with Crippen LogP contribution in [0.15, 0.2) is 23.1 Å². The van der Waals surface area contributed by atoms with E-state index in [1.54, 1.807) is 0 Å². The van der Waals surface area contributed by atoms with Gasteiger partial charge in [-0.3, -0.25) is 0 Å². The fourth-order valence-electron chi connectivity index (χ4n) is 1.45. The quantitative estimate of drug-likeness (QED) is 0.613. The van der Waals surface area contributed by atoms with Gasteiger partial charge in [0, 0.05) is 19.5 Å². The van der Waals surface area contributed by atoms with Gasteiger partial charge in [0.2, 0.25) is 10.0 Å². The molecule has 0 amide bonds. The van der Waals surface area contributed by atoms with Crippen LogP contribution in [0.25, 0.3) is 0 Å². The van der Waals surface area contributed by atoms with E-state index in [4.69, 9.17) is 11.6 Å². The number of hydrogen-bond acceptors (Lipinski definition) is 2. The molecule has 1 aromatic rings. The van der Waals surface area contributed by atoms with Gasteiger partial charge in [-0.25, -0.2) is 17.1 Å². The second kappa shape index (κ2) is 6.28. The van der Waals surface area contributed by atoms with Crippen LogP contribution in [-0.4, -0.2) is 32.5 Å². The maximum atomic E-state index is 13.1. The number of halogens is 5. The minimum atomic E-state index is -4.47. The second-order valence-corrected chi connectivity index (χ2v) is 6.36. The molecule has 0 bridgehead atoms. The summed E-state index contributed by atoms with van der Waals surface area (Å²) in [7, 11) is -3.21. The van der Waals surface area contributed by atoms with Crippen LogP contribution < -0.4 is 0 Å². The minimum Gasteiger partial charge on any atom is -0.207 e. The predicted octanol–water partition coefficient (Wildman–Crippen LogP) is 3.14. The first-order chi connectivity index (χ1) is 9.08. The summed E-state index contributed by atoms with van der Waals surface area (Å²) in [6.07, 6.45) is -5.75. The molecule has 0 aromatic heterocycles. The molecule has 0 unspecified atom stereocenters. The van der Waals surface area contributed by atoms with E-state index in [2.05, 4.69) is 0 Å². The Morgan fingerprint density at radius 3 is 2.40 bits per heavy atom. The third-order valence-corrected chi connectivity index (χ3v) is 4.80. The number of hydrogen-bond donors (Lipinski definition) is 0. The Morgan fingerprint density at radius 2 is 1.90 bits per heavy atom. The zero-order valence-electron chi connectivity index (χ0n) is 10.4. The lowest BCUT2D eigenvalue weighted by Crippen LogP contribution is -2.31. The van der Waals surface area contributed by atoms with Gasteiger partial charge in [0.05, 0.1) is 11.3 Å². The lowest BCUT2D eigenvalue weighted by Gasteiger charge is -2.19. The van der Waals surface area contributed by atoms with Gasteiger partial charge in [0.1, 0.15) is 5.82 Å². The standard InChI is InChI=1S/C11H12ClF4NO2S/c1-17(5-4-11(14,15)16)20(18,19)10-6-9(13)3-2-8(10)7-12/h2-3,6H,4-5,7H2,1H3. The third kappa shape index (κ3) is 4.32. The predicted molar refractivity (Wildman–Crippen MR) is 66.4 cm³/mol. The Balaban J connectivity index is 3.07. The molecule has 0 fully saturated rings. The Kier molecular flexibility index (Phi) is 5.39. The molecular weight excluding hydrogens is 322 g/mol. The fourth-order valence-corrected chi connectivity index (χ4v) is 3.16. The molecule has 1 aromatic carbocycles. The van der Waals surface area contributed by atoms with Crippen LogP contribution in [0, 0.1) is 5.82 Å². The van der Waals surface area contributed by atoms with E-state index < -0.39 is 39.9 Å². The summed E-state index contributed by atoms with van der Waals surface area (Å²) in [5, 5.41) is 0. The molecule has 0 radical (unpaired) electrons. The van der Waals surface area contributed by atoms with Crippen LogP contribution >= 0.6 is 11.6 Å². The summed E-state index contributed by atoms with van der Waals surface area (Å²) >= 11 is 5.56. The molecule has 0 saturated carbocycles. The van der Waals surface area contributed by atoms with Crippen molar-refractivity contribution in [1.29, 1.82) is 0 Å². The molecule has 0 aliphatic rings. The number of benzene rings is 1. The van der Waals surface area contributed by atoms with Gasteiger partial charge < -0.3 is 0 Å². The highest BCUT2D eigenvalue weighted by molar-refractivity contribution is 7.89. The van der Waals surface area contributed by atoms with Crippen LogP contribution in [0.2, 0.25) is 0 Å². The van der Waals surface area contributed by atoms with Crippen molar-refractivity contribution in [3.8, 4) is 0 Å². The van der Waals surface area contributed by atoms with E-state index in [1.165, 1.54) is 6.07 Å². The Hall–Kier alpha value is -0.860. The molecule has 114 valence electrons. The van der Waals surface area contributed by atoms with Crippen molar-refractivity contribution in [2.24, 2.45) is 0 Å². The largest absolute Gasteiger partial charge is 0.390 e. The molecule has 0 atom stereocenters. The van der Waals surface area contributed by atoms with Crippen LogP contribution in [0.4, 0.5) is 17.6 Å². The van der Waals surface area contributed by atoms with Crippen molar-refractivity contribution in [3.05, 3.63) is 29.6 Å². The summed E-state index contributed by atoms with van der Waals surface area (Å²) in [6.45, 7) is -0.746. The molecule has 9 heteroatoms. The second-order valence-electron chi connectivity index (χ2n) is 4.08. The zero-order chi connectivity index (χ0) is 15.6. The van der Waals surface area contributed by atoms with Crippen LogP contribution in [0.3, 0.4) is 0 Å². The first kappa shape index (κ1) is 17.2. The molecule has 0 aliphatic heterocycles. The zero-order valence-corrected chi connectivity index (χ0v) is 12.0. The molecule has 0 aliphatic carbocycles. The molecule has 3 nitrogen and oxygen atoms in total. The van der Waals surface area contributed by atoms with Gasteiger partial charge in [-0.05, 0) is 17.7 Å². The number of alkyl halides is 4. The number of nitrogens with zero attached hydrogens (tertiary/aromatic N) is 1. The van der Waals surface area contributed by atoms with Crippen molar-refractivity contribution in [3.63, 3.8) is 0 Å². The highest BCUT2D eigenvalue weighted by Gasteiger charge is 2.31. The average Bonchev–Trinajstić information content (AvgIpc) is 2.34. The van der Waals surface area contributed by atoms with Gasteiger partial charge in [-0.1, -0.05) is 6.07 Å². The average molecular weight is 334 g/mol. The van der Waals surface area contributed by atoms with E-state index in [9.17, 15) is 26.0 Å². The molecule has 1 rings (SSSR count). The first-order valence-corrected chi connectivity index (χ1v) is 7.43. The van der Waals surface area contributed by atoms with Gasteiger partial charge in [0.15, 0.2) is 0 Å². The lowest BCUT2D eigenvalue weighted by atomic mass is 10.2. The lowest BCUT2D eigenvalue weighted by molar-refractivity contribution is -0.135. The van der Waals surface area contributed by atoms with Crippen molar-refractivity contribution in [1.82, 2.24) is 4.31 Å². The Labute approximate surface area is 119 Å². The topological polar surface area (TPSA) is 37.4 Å². The van der Waals surface area contributed by atoms with Gasteiger partial charge in [0.25, 0.3) is 0 Å². The number of rotatable bonds is 5. The maximum absolute atomic E-state index is 13.1.